The van der Waals surface area contributed by atoms with Crippen LogP contribution in [-0.4, -0.2) is 27.8 Å². The molecule has 0 aliphatic carbocycles. The van der Waals surface area contributed by atoms with Crippen LogP contribution < -0.4 is 15.2 Å². The average Bonchev–Trinajstić information content (AvgIpc) is 2.27. The second-order valence-electron chi connectivity index (χ2n) is 3.75. The van der Waals surface area contributed by atoms with E-state index in [0.29, 0.717) is 19.5 Å². The minimum atomic E-state index is -3.34. The van der Waals surface area contributed by atoms with Crippen LogP contribution in [0.5, 0.6) is 5.75 Å². The quantitative estimate of drug-likeness (QED) is 0.696. The smallest absolute Gasteiger partial charge is 0.209 e. The van der Waals surface area contributed by atoms with E-state index in [1.54, 1.807) is 7.11 Å². The minimum absolute atomic E-state index is 0.0120. The van der Waals surface area contributed by atoms with Crippen LogP contribution in [0.15, 0.2) is 24.3 Å². The van der Waals surface area contributed by atoms with Crippen LogP contribution in [0.1, 0.15) is 12.0 Å². The number of primary sulfonamides is 1. The Morgan fingerprint density at radius 1 is 1.41 bits per heavy atom. The Labute approximate surface area is 102 Å². The highest BCUT2D eigenvalue weighted by atomic mass is 32.2. The van der Waals surface area contributed by atoms with Crippen molar-refractivity contribution >= 4 is 10.0 Å². The number of sulfonamides is 1. The molecule has 5 nitrogen and oxygen atoms in total. The summed E-state index contributed by atoms with van der Waals surface area (Å²) >= 11 is 0. The van der Waals surface area contributed by atoms with Crippen LogP contribution in [0, 0.1) is 0 Å². The zero-order chi connectivity index (χ0) is 12.7. The highest BCUT2D eigenvalue weighted by Gasteiger charge is 2.01. The van der Waals surface area contributed by atoms with Crippen LogP contribution in [0.2, 0.25) is 0 Å². The standard InChI is InChI=1S/C11H18N2O3S/c1-16-11-5-2-4-10(8-11)9-13-6-3-7-17(12,14)15/h2,4-5,8,13H,3,6-7,9H2,1H3,(H2,12,14,15). The minimum Gasteiger partial charge on any atom is -0.497 e. The fourth-order valence-corrected chi connectivity index (χ4v) is 1.96. The van der Waals surface area contributed by atoms with E-state index in [-0.39, 0.29) is 5.75 Å². The molecule has 1 rings (SSSR count). The number of hydrogen-bond donors (Lipinski definition) is 2. The first-order valence-electron chi connectivity index (χ1n) is 5.35. The van der Waals surface area contributed by atoms with Gasteiger partial charge in [0, 0.05) is 6.54 Å². The summed E-state index contributed by atoms with van der Waals surface area (Å²) in [5.41, 5.74) is 1.10. The summed E-state index contributed by atoms with van der Waals surface area (Å²) in [6.45, 7) is 1.30. The molecule has 0 spiro atoms. The fourth-order valence-electron chi connectivity index (χ4n) is 1.41. The Kier molecular flexibility index (Phi) is 5.40. The maximum atomic E-state index is 10.7. The summed E-state index contributed by atoms with van der Waals surface area (Å²) in [5, 5.41) is 8.04. The van der Waals surface area contributed by atoms with Crippen molar-refractivity contribution in [2.75, 3.05) is 19.4 Å². The molecule has 0 radical (unpaired) electrons. The lowest BCUT2D eigenvalue weighted by atomic mass is 10.2. The zero-order valence-corrected chi connectivity index (χ0v) is 10.7. The van der Waals surface area contributed by atoms with Gasteiger partial charge in [0.15, 0.2) is 0 Å². The van der Waals surface area contributed by atoms with Crippen LogP contribution in [-0.2, 0) is 16.6 Å². The van der Waals surface area contributed by atoms with Crippen molar-refractivity contribution in [3.05, 3.63) is 29.8 Å². The number of ether oxygens (including phenoxy) is 1. The van der Waals surface area contributed by atoms with E-state index in [1.165, 1.54) is 0 Å². The summed E-state index contributed by atoms with van der Waals surface area (Å²) < 4.78 is 26.5. The average molecular weight is 258 g/mol. The number of nitrogens with one attached hydrogen (secondary N) is 1. The molecule has 1 aromatic carbocycles. The van der Waals surface area contributed by atoms with Crippen LogP contribution in [0.4, 0.5) is 0 Å². The maximum Gasteiger partial charge on any atom is 0.209 e. The monoisotopic (exact) mass is 258 g/mol. The van der Waals surface area contributed by atoms with Gasteiger partial charge in [0.1, 0.15) is 5.75 Å². The van der Waals surface area contributed by atoms with E-state index in [1.807, 2.05) is 24.3 Å². The molecule has 0 aliphatic heterocycles. The van der Waals surface area contributed by atoms with Crippen molar-refractivity contribution in [1.82, 2.24) is 5.32 Å². The molecule has 3 N–H and O–H groups in total. The van der Waals surface area contributed by atoms with Gasteiger partial charge in [-0.1, -0.05) is 12.1 Å². The Morgan fingerprint density at radius 3 is 2.82 bits per heavy atom. The first-order chi connectivity index (χ1) is 8.01. The van der Waals surface area contributed by atoms with Crippen molar-refractivity contribution in [2.45, 2.75) is 13.0 Å². The largest absolute Gasteiger partial charge is 0.497 e. The van der Waals surface area contributed by atoms with Crippen LogP contribution >= 0.6 is 0 Å². The van der Waals surface area contributed by atoms with E-state index in [0.717, 1.165) is 11.3 Å². The highest BCUT2D eigenvalue weighted by Crippen LogP contribution is 2.11. The van der Waals surface area contributed by atoms with E-state index in [9.17, 15) is 8.42 Å². The lowest BCUT2D eigenvalue weighted by molar-refractivity contribution is 0.414. The molecule has 1 aromatic rings. The number of nitrogens with two attached hydrogens (primary N) is 1. The molecule has 0 fully saturated rings. The second-order valence-corrected chi connectivity index (χ2v) is 5.48. The molecule has 0 bridgehead atoms. The third kappa shape index (κ3) is 6.25. The van der Waals surface area contributed by atoms with Gasteiger partial charge in [0.05, 0.1) is 12.9 Å². The number of methoxy groups -OCH3 is 1. The number of benzene rings is 1. The highest BCUT2D eigenvalue weighted by molar-refractivity contribution is 7.89. The molecule has 0 aliphatic rings. The number of hydrogen-bond acceptors (Lipinski definition) is 4. The van der Waals surface area contributed by atoms with Crippen molar-refractivity contribution in [1.29, 1.82) is 0 Å². The Morgan fingerprint density at radius 2 is 2.18 bits per heavy atom. The molecular formula is C11H18N2O3S. The van der Waals surface area contributed by atoms with Gasteiger partial charge in [-0.25, -0.2) is 13.6 Å². The van der Waals surface area contributed by atoms with Gasteiger partial charge in [-0.15, -0.1) is 0 Å². The first-order valence-corrected chi connectivity index (χ1v) is 7.07. The normalized spacial score (nSPS) is 11.4. The molecule has 0 atom stereocenters. The predicted molar refractivity (Wildman–Crippen MR) is 67.3 cm³/mol. The molecule has 0 unspecified atom stereocenters. The van der Waals surface area contributed by atoms with Gasteiger partial charge >= 0.3 is 0 Å². The summed E-state index contributed by atoms with van der Waals surface area (Å²) in [6, 6.07) is 7.71. The zero-order valence-electron chi connectivity index (χ0n) is 9.85. The summed E-state index contributed by atoms with van der Waals surface area (Å²) in [6.07, 6.45) is 0.517. The van der Waals surface area contributed by atoms with Gasteiger partial charge in [-0.2, -0.15) is 0 Å². The molecular weight excluding hydrogens is 240 g/mol. The third-order valence-electron chi connectivity index (χ3n) is 2.25. The molecule has 0 aromatic heterocycles. The molecule has 6 heteroatoms. The van der Waals surface area contributed by atoms with Gasteiger partial charge in [-0.3, -0.25) is 0 Å². The SMILES string of the molecule is COc1cccc(CNCCCS(N)(=O)=O)c1. The second kappa shape index (κ2) is 6.58. The van der Waals surface area contributed by atoms with Crippen molar-refractivity contribution in [3.63, 3.8) is 0 Å². The summed E-state index contributed by atoms with van der Waals surface area (Å²) in [5.74, 6) is 0.826. The van der Waals surface area contributed by atoms with E-state index in [2.05, 4.69) is 5.32 Å². The first kappa shape index (κ1) is 14.0. The lowest BCUT2D eigenvalue weighted by Crippen LogP contribution is -2.22. The van der Waals surface area contributed by atoms with E-state index in [4.69, 9.17) is 9.88 Å². The maximum absolute atomic E-state index is 10.7. The van der Waals surface area contributed by atoms with Crippen molar-refractivity contribution in [2.24, 2.45) is 5.14 Å². The molecule has 0 heterocycles. The lowest BCUT2D eigenvalue weighted by Gasteiger charge is -2.06. The van der Waals surface area contributed by atoms with Gasteiger partial charge < -0.3 is 10.1 Å². The summed E-state index contributed by atoms with van der Waals surface area (Å²) in [7, 11) is -1.72. The fraction of sp³-hybridized carbons (Fsp3) is 0.455. The van der Waals surface area contributed by atoms with E-state index >= 15 is 0 Å². The van der Waals surface area contributed by atoms with Gasteiger partial charge in [-0.05, 0) is 30.7 Å². The van der Waals surface area contributed by atoms with Crippen LogP contribution in [0.25, 0.3) is 0 Å². The molecule has 0 saturated carbocycles. The van der Waals surface area contributed by atoms with Gasteiger partial charge in [0.2, 0.25) is 10.0 Å². The molecule has 0 amide bonds. The third-order valence-corrected chi connectivity index (χ3v) is 3.10. The van der Waals surface area contributed by atoms with Crippen LogP contribution in [0.3, 0.4) is 0 Å². The Balaban J connectivity index is 2.26. The molecule has 96 valence electrons. The predicted octanol–water partition coefficient (Wildman–Crippen LogP) is 0.463. The summed E-state index contributed by atoms with van der Waals surface area (Å²) in [4.78, 5) is 0. The molecule has 17 heavy (non-hydrogen) atoms. The van der Waals surface area contributed by atoms with Gasteiger partial charge in [0.25, 0.3) is 0 Å². The Hall–Kier alpha value is -1.11. The number of rotatable bonds is 7. The Bertz CT molecular complexity index is 446. The topological polar surface area (TPSA) is 81.4 Å². The van der Waals surface area contributed by atoms with E-state index < -0.39 is 10.0 Å². The van der Waals surface area contributed by atoms with Crippen molar-refractivity contribution in [3.8, 4) is 5.75 Å². The van der Waals surface area contributed by atoms with Crippen molar-refractivity contribution < 1.29 is 13.2 Å². The molecule has 0 saturated heterocycles.